The zero-order chi connectivity index (χ0) is 19.1. The molecule has 1 amide bonds. The van der Waals surface area contributed by atoms with Gasteiger partial charge in [-0.05, 0) is 12.1 Å². The van der Waals surface area contributed by atoms with E-state index >= 15 is 0 Å². The van der Waals surface area contributed by atoms with Crippen LogP contribution in [0.15, 0.2) is 54.6 Å². The van der Waals surface area contributed by atoms with Crippen molar-refractivity contribution in [3.63, 3.8) is 0 Å². The molecule has 0 spiro atoms. The van der Waals surface area contributed by atoms with Crippen LogP contribution in [0.25, 0.3) is 22.3 Å². The van der Waals surface area contributed by atoms with Gasteiger partial charge in [-0.1, -0.05) is 42.5 Å². The van der Waals surface area contributed by atoms with E-state index < -0.39 is 0 Å². The number of anilines is 1. The summed E-state index contributed by atoms with van der Waals surface area (Å²) in [5.41, 5.74) is 1.91. The highest BCUT2D eigenvalue weighted by Crippen LogP contribution is 2.32. The van der Waals surface area contributed by atoms with E-state index in [4.69, 9.17) is 14.7 Å². The third kappa shape index (κ3) is 2.90. The number of nitrogens with zero attached hydrogens (tertiary/aromatic N) is 4. The molecule has 6 nitrogen and oxygen atoms in total. The van der Waals surface area contributed by atoms with Crippen molar-refractivity contribution in [3.05, 3.63) is 54.6 Å². The van der Waals surface area contributed by atoms with Gasteiger partial charge in [0.05, 0.1) is 30.7 Å². The number of aromatic nitrogens is 2. The molecule has 0 radical (unpaired) electrons. The molecular weight excluding hydrogens is 352 g/mol. The van der Waals surface area contributed by atoms with Crippen molar-refractivity contribution < 1.29 is 9.53 Å². The number of carbonyl (C=O) groups excluding carboxylic acids is 1. The zero-order valence-corrected chi connectivity index (χ0v) is 15.8. The predicted molar refractivity (Wildman–Crippen MR) is 108 cm³/mol. The van der Waals surface area contributed by atoms with Crippen LogP contribution >= 0.6 is 0 Å². The summed E-state index contributed by atoms with van der Waals surface area (Å²) in [4.78, 5) is 26.0. The Morgan fingerprint density at radius 1 is 1.00 bits per heavy atom. The third-order valence-electron chi connectivity index (χ3n) is 5.69. The molecule has 3 heterocycles. The molecule has 2 aliphatic rings. The molecule has 2 fully saturated rings. The van der Waals surface area contributed by atoms with Gasteiger partial charge in [0.2, 0.25) is 5.91 Å². The molecule has 5 rings (SSSR count). The second-order valence-electron chi connectivity index (χ2n) is 7.39. The molecule has 6 heteroatoms. The fourth-order valence-corrected chi connectivity index (χ4v) is 4.14. The van der Waals surface area contributed by atoms with E-state index in [1.54, 1.807) is 0 Å². The first kappa shape index (κ1) is 17.1. The molecule has 0 N–H and O–H groups in total. The first-order chi connectivity index (χ1) is 13.7. The van der Waals surface area contributed by atoms with Gasteiger partial charge >= 0.3 is 0 Å². The van der Waals surface area contributed by atoms with Gasteiger partial charge in [-0.25, -0.2) is 9.97 Å². The van der Waals surface area contributed by atoms with E-state index in [0.29, 0.717) is 25.4 Å². The third-order valence-corrected chi connectivity index (χ3v) is 5.69. The van der Waals surface area contributed by atoms with Crippen LogP contribution in [0, 0.1) is 0 Å². The normalized spacial score (nSPS) is 22.4. The van der Waals surface area contributed by atoms with Gasteiger partial charge in [-0.3, -0.25) is 4.79 Å². The first-order valence-corrected chi connectivity index (χ1v) is 9.65. The molecule has 0 bridgehead atoms. The van der Waals surface area contributed by atoms with Crippen LogP contribution in [0.2, 0.25) is 0 Å². The lowest BCUT2D eigenvalue weighted by molar-refractivity contribution is -0.130. The van der Waals surface area contributed by atoms with E-state index in [2.05, 4.69) is 11.0 Å². The average molecular weight is 374 g/mol. The lowest BCUT2D eigenvalue weighted by atomic mass is 10.1. The zero-order valence-electron chi connectivity index (χ0n) is 15.8. The van der Waals surface area contributed by atoms with E-state index in [0.717, 1.165) is 28.8 Å². The Morgan fingerprint density at radius 2 is 1.79 bits per heavy atom. The number of likely N-dealkylation sites (N-methyl/N-ethyl adjacent to an activating group) is 1. The van der Waals surface area contributed by atoms with Crippen molar-refractivity contribution in [3.8, 4) is 11.4 Å². The van der Waals surface area contributed by atoms with Crippen LogP contribution < -0.4 is 4.90 Å². The summed E-state index contributed by atoms with van der Waals surface area (Å²) in [5, 5.41) is 1.02. The van der Waals surface area contributed by atoms with Crippen molar-refractivity contribution in [1.29, 1.82) is 0 Å². The van der Waals surface area contributed by atoms with E-state index in [9.17, 15) is 4.79 Å². The fraction of sp³-hybridized carbons (Fsp3) is 0.318. The molecule has 28 heavy (non-hydrogen) atoms. The minimum atomic E-state index is 0.00496. The van der Waals surface area contributed by atoms with Crippen LogP contribution in [0.4, 0.5) is 5.82 Å². The number of hydrogen-bond acceptors (Lipinski definition) is 5. The molecule has 0 unspecified atom stereocenters. The second kappa shape index (κ2) is 6.87. The summed E-state index contributed by atoms with van der Waals surface area (Å²) in [5.74, 6) is 1.76. The van der Waals surface area contributed by atoms with Crippen molar-refractivity contribution in [1.82, 2.24) is 14.9 Å². The van der Waals surface area contributed by atoms with Crippen molar-refractivity contribution in [2.75, 3.05) is 31.6 Å². The van der Waals surface area contributed by atoms with Gasteiger partial charge in [-0.15, -0.1) is 0 Å². The number of benzene rings is 2. The van der Waals surface area contributed by atoms with Gasteiger partial charge in [0.1, 0.15) is 5.82 Å². The molecule has 2 aromatic carbocycles. The Hall–Kier alpha value is -2.99. The van der Waals surface area contributed by atoms with E-state index in [1.807, 2.05) is 60.5 Å². The molecule has 2 saturated heterocycles. The lowest BCUT2D eigenvalue weighted by Gasteiger charge is -2.25. The van der Waals surface area contributed by atoms with Crippen LogP contribution in [-0.4, -0.2) is 59.7 Å². The Labute approximate surface area is 163 Å². The summed E-state index contributed by atoms with van der Waals surface area (Å²) in [6, 6.07) is 18.2. The SMILES string of the molecule is CN1C(=O)CCO[C@H]2CN(c3nc(-c4ccccc4)nc4ccccc34)C[C@@H]21. The van der Waals surface area contributed by atoms with Gasteiger partial charge in [0.25, 0.3) is 0 Å². The number of carbonyl (C=O) groups is 1. The monoisotopic (exact) mass is 374 g/mol. The highest BCUT2D eigenvalue weighted by Gasteiger charge is 2.40. The van der Waals surface area contributed by atoms with Crippen LogP contribution in [0.5, 0.6) is 0 Å². The number of hydrogen-bond donors (Lipinski definition) is 0. The minimum absolute atomic E-state index is 0.00496. The van der Waals surface area contributed by atoms with Crippen molar-refractivity contribution in [2.24, 2.45) is 0 Å². The number of amides is 1. The first-order valence-electron chi connectivity index (χ1n) is 9.65. The molecule has 142 valence electrons. The second-order valence-corrected chi connectivity index (χ2v) is 7.39. The molecule has 3 aromatic rings. The summed E-state index contributed by atoms with van der Waals surface area (Å²) in [6.45, 7) is 1.91. The van der Waals surface area contributed by atoms with Gasteiger partial charge in [0.15, 0.2) is 5.82 Å². The highest BCUT2D eigenvalue weighted by atomic mass is 16.5. The average Bonchev–Trinajstić information content (AvgIpc) is 3.11. The maximum atomic E-state index is 12.3. The minimum Gasteiger partial charge on any atom is -0.374 e. The summed E-state index contributed by atoms with van der Waals surface area (Å²) in [7, 11) is 1.88. The lowest BCUT2D eigenvalue weighted by Crippen LogP contribution is -2.42. The Bertz CT molecular complexity index is 1020. The van der Waals surface area contributed by atoms with Gasteiger partial charge in [0, 0.05) is 31.1 Å². The fourth-order valence-electron chi connectivity index (χ4n) is 4.14. The Kier molecular flexibility index (Phi) is 4.20. The summed E-state index contributed by atoms with van der Waals surface area (Å²) in [6.07, 6.45) is 0.461. The molecule has 0 saturated carbocycles. The van der Waals surface area contributed by atoms with Crippen molar-refractivity contribution >= 4 is 22.6 Å². The van der Waals surface area contributed by atoms with Gasteiger partial charge < -0.3 is 14.5 Å². The molecule has 2 atom stereocenters. The standard InChI is InChI=1S/C22H22N4O2/c1-25-18-13-26(14-19(18)28-12-11-20(25)27)22-16-9-5-6-10-17(16)23-21(24-22)15-7-3-2-4-8-15/h2-10,18-19H,11-14H2,1H3/t18-,19-/m0/s1. The number of fused-ring (bicyclic) bond motifs is 2. The Morgan fingerprint density at radius 3 is 2.64 bits per heavy atom. The number of rotatable bonds is 2. The van der Waals surface area contributed by atoms with Gasteiger partial charge in [-0.2, -0.15) is 0 Å². The van der Waals surface area contributed by atoms with Crippen LogP contribution in [0.3, 0.4) is 0 Å². The quantitative estimate of drug-likeness (QED) is 0.690. The number of para-hydroxylation sites is 1. The molecule has 2 aliphatic heterocycles. The maximum Gasteiger partial charge on any atom is 0.225 e. The Balaban J connectivity index is 1.58. The summed E-state index contributed by atoms with van der Waals surface area (Å²) < 4.78 is 6.00. The molecule has 1 aromatic heterocycles. The van der Waals surface area contributed by atoms with Crippen LogP contribution in [-0.2, 0) is 9.53 Å². The van der Waals surface area contributed by atoms with E-state index in [-0.39, 0.29) is 18.1 Å². The molecule has 0 aliphatic carbocycles. The molecular formula is C22H22N4O2. The van der Waals surface area contributed by atoms with Crippen molar-refractivity contribution in [2.45, 2.75) is 18.6 Å². The maximum absolute atomic E-state index is 12.3. The summed E-state index contributed by atoms with van der Waals surface area (Å²) >= 11 is 0. The number of ether oxygens (including phenoxy) is 1. The smallest absolute Gasteiger partial charge is 0.225 e. The highest BCUT2D eigenvalue weighted by molar-refractivity contribution is 5.91. The topological polar surface area (TPSA) is 58.6 Å². The van der Waals surface area contributed by atoms with Crippen LogP contribution in [0.1, 0.15) is 6.42 Å². The van der Waals surface area contributed by atoms with E-state index in [1.165, 1.54) is 0 Å². The largest absolute Gasteiger partial charge is 0.374 e. The predicted octanol–water partition coefficient (Wildman–Crippen LogP) is 2.73.